The highest BCUT2D eigenvalue weighted by Crippen LogP contribution is 2.02. The Balaban J connectivity index is 4.41. The van der Waals surface area contributed by atoms with Crippen molar-refractivity contribution >= 4 is 10.0 Å². The van der Waals surface area contributed by atoms with E-state index in [0.29, 0.717) is 0 Å². The summed E-state index contributed by atoms with van der Waals surface area (Å²) in [6.45, 7) is 2.89. The van der Waals surface area contributed by atoms with Crippen LogP contribution in [0.2, 0.25) is 0 Å². The Labute approximate surface area is 79.0 Å². The quantitative estimate of drug-likeness (QED) is 0.591. The smallest absolute Gasteiger partial charge is 0.213 e. The van der Waals surface area contributed by atoms with Gasteiger partial charge in [0.1, 0.15) is 0 Å². The van der Waals surface area contributed by atoms with Crippen LogP contribution in [0.15, 0.2) is 0 Å². The molecule has 1 unspecified atom stereocenters. The zero-order valence-corrected chi connectivity index (χ0v) is 8.79. The maximum absolute atomic E-state index is 11.3. The lowest BCUT2D eigenvalue weighted by Crippen LogP contribution is -2.39. The summed E-state index contributed by atoms with van der Waals surface area (Å²) < 4.78 is 23.8. The summed E-state index contributed by atoms with van der Waals surface area (Å²) in [5.41, 5.74) is 0. The molecule has 0 spiro atoms. The fourth-order valence-corrected chi connectivity index (χ4v) is 2.10. The molecule has 0 saturated carbocycles. The van der Waals surface area contributed by atoms with E-state index in [1.165, 1.54) is 13.8 Å². The van der Waals surface area contributed by atoms with Crippen LogP contribution in [0.5, 0.6) is 0 Å². The Kier molecular flexibility index (Phi) is 5.46. The minimum atomic E-state index is -3.30. The number of aliphatic hydroxyl groups is 2. The van der Waals surface area contributed by atoms with Crippen molar-refractivity contribution in [1.82, 2.24) is 4.31 Å². The first kappa shape index (κ1) is 12.8. The van der Waals surface area contributed by atoms with Gasteiger partial charge in [-0.05, 0) is 13.8 Å². The van der Waals surface area contributed by atoms with Crippen LogP contribution in [0.1, 0.15) is 13.8 Å². The van der Waals surface area contributed by atoms with E-state index < -0.39 is 16.1 Å². The van der Waals surface area contributed by atoms with Crippen molar-refractivity contribution in [2.45, 2.75) is 20.0 Å². The van der Waals surface area contributed by atoms with Gasteiger partial charge >= 0.3 is 0 Å². The van der Waals surface area contributed by atoms with Crippen LogP contribution in [-0.4, -0.2) is 54.5 Å². The zero-order valence-electron chi connectivity index (χ0n) is 7.97. The van der Waals surface area contributed by atoms with Gasteiger partial charge in [0.25, 0.3) is 0 Å². The molecule has 0 radical (unpaired) electrons. The Morgan fingerprint density at radius 1 is 1.46 bits per heavy atom. The molecular weight excluding hydrogens is 194 g/mol. The van der Waals surface area contributed by atoms with Crippen molar-refractivity contribution in [2.24, 2.45) is 0 Å². The van der Waals surface area contributed by atoms with E-state index in [1.807, 2.05) is 0 Å². The Morgan fingerprint density at radius 3 is 2.31 bits per heavy atom. The van der Waals surface area contributed by atoms with Gasteiger partial charge in [-0.2, -0.15) is 4.31 Å². The number of hydrogen-bond acceptors (Lipinski definition) is 4. The lowest BCUT2D eigenvalue weighted by Gasteiger charge is -2.21. The van der Waals surface area contributed by atoms with Crippen molar-refractivity contribution in [1.29, 1.82) is 0 Å². The van der Waals surface area contributed by atoms with E-state index in [-0.39, 0.29) is 25.4 Å². The van der Waals surface area contributed by atoms with E-state index in [0.717, 1.165) is 4.31 Å². The van der Waals surface area contributed by atoms with Gasteiger partial charge in [0.15, 0.2) is 0 Å². The molecule has 0 aromatic heterocycles. The van der Waals surface area contributed by atoms with Crippen LogP contribution in [0.4, 0.5) is 0 Å². The van der Waals surface area contributed by atoms with Crippen LogP contribution in [0.3, 0.4) is 0 Å². The summed E-state index contributed by atoms with van der Waals surface area (Å²) in [6.07, 6.45) is -0.715. The summed E-state index contributed by atoms with van der Waals surface area (Å²) in [5.74, 6) is -0.0142. The summed E-state index contributed by atoms with van der Waals surface area (Å²) in [7, 11) is -3.30. The molecule has 0 bridgehead atoms. The van der Waals surface area contributed by atoms with Crippen molar-refractivity contribution < 1.29 is 18.6 Å². The molecule has 0 aromatic rings. The van der Waals surface area contributed by atoms with Gasteiger partial charge in [0.05, 0.1) is 18.5 Å². The second kappa shape index (κ2) is 5.54. The van der Waals surface area contributed by atoms with Crippen LogP contribution in [0.25, 0.3) is 0 Å². The molecule has 0 aliphatic rings. The first-order valence-electron chi connectivity index (χ1n) is 4.20. The Morgan fingerprint density at radius 2 is 2.00 bits per heavy atom. The van der Waals surface area contributed by atoms with Gasteiger partial charge in [-0.1, -0.05) is 0 Å². The maximum atomic E-state index is 11.3. The van der Waals surface area contributed by atoms with Gasteiger partial charge in [-0.15, -0.1) is 0 Å². The average Bonchev–Trinajstić information content (AvgIpc) is 2.03. The summed E-state index contributed by atoms with van der Waals surface area (Å²) >= 11 is 0. The lowest BCUT2D eigenvalue weighted by molar-refractivity contribution is 0.152. The molecular formula is C7H17NO4S. The third-order valence-electron chi connectivity index (χ3n) is 1.58. The largest absolute Gasteiger partial charge is 0.395 e. The van der Waals surface area contributed by atoms with Crippen molar-refractivity contribution in [2.75, 3.05) is 25.4 Å². The molecule has 0 fully saturated rings. The zero-order chi connectivity index (χ0) is 10.5. The van der Waals surface area contributed by atoms with E-state index >= 15 is 0 Å². The fourth-order valence-electron chi connectivity index (χ4n) is 0.933. The molecule has 6 heteroatoms. The SMILES string of the molecule is CCS(=O)(=O)N(CCO)CC(C)O. The van der Waals surface area contributed by atoms with E-state index in [2.05, 4.69) is 0 Å². The molecule has 80 valence electrons. The fraction of sp³-hybridized carbons (Fsp3) is 1.00. The molecule has 0 aliphatic carbocycles. The summed E-state index contributed by atoms with van der Waals surface area (Å²) in [4.78, 5) is 0. The monoisotopic (exact) mass is 211 g/mol. The molecule has 0 aromatic carbocycles. The van der Waals surface area contributed by atoms with Crippen LogP contribution < -0.4 is 0 Å². The van der Waals surface area contributed by atoms with Gasteiger partial charge < -0.3 is 10.2 Å². The third-order valence-corrected chi connectivity index (χ3v) is 3.42. The standard InChI is InChI=1S/C7H17NO4S/c1-3-13(11,12)8(4-5-9)6-7(2)10/h7,9-10H,3-6H2,1-2H3. The topological polar surface area (TPSA) is 77.8 Å². The maximum Gasteiger partial charge on any atom is 0.213 e. The molecule has 0 amide bonds. The van der Waals surface area contributed by atoms with E-state index in [9.17, 15) is 8.42 Å². The van der Waals surface area contributed by atoms with Crippen molar-refractivity contribution in [3.63, 3.8) is 0 Å². The number of hydrogen-bond donors (Lipinski definition) is 2. The first-order chi connectivity index (χ1) is 5.94. The van der Waals surface area contributed by atoms with Crippen LogP contribution in [-0.2, 0) is 10.0 Å². The first-order valence-corrected chi connectivity index (χ1v) is 5.81. The molecule has 0 rings (SSSR count). The molecule has 0 heterocycles. The van der Waals surface area contributed by atoms with Gasteiger partial charge in [-0.3, -0.25) is 0 Å². The van der Waals surface area contributed by atoms with Crippen molar-refractivity contribution in [3.05, 3.63) is 0 Å². The minimum absolute atomic E-state index is 0.0142. The minimum Gasteiger partial charge on any atom is -0.395 e. The normalized spacial score (nSPS) is 14.8. The molecule has 13 heavy (non-hydrogen) atoms. The number of rotatable bonds is 6. The molecule has 1 atom stereocenters. The Bertz CT molecular complexity index is 225. The highest BCUT2D eigenvalue weighted by Gasteiger charge is 2.20. The molecule has 0 aliphatic heterocycles. The number of sulfonamides is 1. The average molecular weight is 211 g/mol. The van der Waals surface area contributed by atoms with Crippen molar-refractivity contribution in [3.8, 4) is 0 Å². The van der Waals surface area contributed by atoms with E-state index in [4.69, 9.17) is 10.2 Å². The Hall–Kier alpha value is -0.170. The third kappa shape index (κ3) is 4.56. The second-order valence-electron chi connectivity index (χ2n) is 2.83. The van der Waals surface area contributed by atoms with E-state index in [1.54, 1.807) is 0 Å². The van der Waals surface area contributed by atoms with Crippen LogP contribution >= 0.6 is 0 Å². The van der Waals surface area contributed by atoms with Gasteiger partial charge in [-0.25, -0.2) is 8.42 Å². The second-order valence-corrected chi connectivity index (χ2v) is 5.09. The molecule has 2 N–H and O–H groups in total. The highest BCUT2D eigenvalue weighted by molar-refractivity contribution is 7.89. The highest BCUT2D eigenvalue weighted by atomic mass is 32.2. The van der Waals surface area contributed by atoms with Gasteiger partial charge in [0.2, 0.25) is 10.0 Å². The predicted molar refractivity (Wildman–Crippen MR) is 49.8 cm³/mol. The predicted octanol–water partition coefficient (Wildman–Crippen LogP) is -0.989. The number of nitrogens with zero attached hydrogens (tertiary/aromatic N) is 1. The lowest BCUT2D eigenvalue weighted by atomic mass is 10.4. The molecule has 0 saturated heterocycles. The molecule has 5 nitrogen and oxygen atoms in total. The number of aliphatic hydroxyl groups excluding tert-OH is 2. The summed E-state index contributed by atoms with van der Waals surface area (Å²) in [5, 5.41) is 17.6. The van der Waals surface area contributed by atoms with Crippen LogP contribution in [0, 0.1) is 0 Å². The summed E-state index contributed by atoms with van der Waals surface area (Å²) in [6, 6.07) is 0. The van der Waals surface area contributed by atoms with Gasteiger partial charge in [0, 0.05) is 13.1 Å².